The summed E-state index contributed by atoms with van der Waals surface area (Å²) in [6, 6.07) is 0. The van der Waals surface area contributed by atoms with E-state index in [2.05, 4.69) is 16.7 Å². The maximum Gasteiger partial charge on any atom is 0.138 e. The molecule has 0 aliphatic carbocycles. The van der Waals surface area contributed by atoms with Crippen LogP contribution in [0.2, 0.25) is 0 Å². The Morgan fingerprint density at radius 1 is 1.75 bits per heavy atom. The summed E-state index contributed by atoms with van der Waals surface area (Å²) in [6.45, 7) is 5.53. The number of hydrogen-bond acceptors (Lipinski definition) is 2. The van der Waals surface area contributed by atoms with Crippen molar-refractivity contribution < 1.29 is 0 Å². The molecular weight excluding hydrogens is 102 g/mol. The molecule has 0 N–H and O–H groups in total. The molecule has 1 aromatic heterocycles. The maximum atomic E-state index is 3.82. The predicted octanol–water partition coefficient (Wildman–Crippen LogP) is 0.769. The molecule has 0 atom stereocenters. The van der Waals surface area contributed by atoms with Crippen LogP contribution in [0.5, 0.6) is 0 Å². The van der Waals surface area contributed by atoms with Gasteiger partial charge in [0.1, 0.15) is 12.7 Å². The lowest BCUT2D eigenvalue weighted by Crippen LogP contribution is -1.90. The molecule has 0 aliphatic heterocycles. The minimum Gasteiger partial charge on any atom is -0.226 e. The Labute approximate surface area is 47.7 Å². The summed E-state index contributed by atoms with van der Waals surface area (Å²) in [4.78, 5) is 3.73. The first-order chi connectivity index (χ1) is 3.80. The second-order valence-electron chi connectivity index (χ2n) is 1.58. The van der Waals surface area contributed by atoms with Crippen LogP contribution in [0.15, 0.2) is 19.2 Å². The second-order valence-corrected chi connectivity index (χ2v) is 1.58. The highest BCUT2D eigenvalue weighted by atomic mass is 15.3. The summed E-state index contributed by atoms with van der Waals surface area (Å²) < 4.78 is 1.61. The molecule has 0 bridgehead atoms. The van der Waals surface area contributed by atoms with Crippen LogP contribution >= 0.6 is 0 Å². The van der Waals surface area contributed by atoms with Gasteiger partial charge in [0.2, 0.25) is 0 Å². The molecule has 0 aliphatic rings. The molecule has 1 rings (SSSR count). The van der Waals surface area contributed by atoms with Crippen LogP contribution in [-0.2, 0) is 0 Å². The van der Waals surface area contributed by atoms with Crippen molar-refractivity contribution in [2.24, 2.45) is 0 Å². The van der Waals surface area contributed by atoms with Crippen molar-refractivity contribution in [3.63, 3.8) is 0 Å². The molecule has 0 spiro atoms. The third-order valence-corrected chi connectivity index (χ3v) is 0.810. The predicted molar refractivity (Wildman–Crippen MR) is 31.0 cm³/mol. The van der Waals surface area contributed by atoms with Gasteiger partial charge in [0.15, 0.2) is 0 Å². The third-order valence-electron chi connectivity index (χ3n) is 0.810. The smallest absolute Gasteiger partial charge is 0.138 e. The Kier molecular flexibility index (Phi) is 1.12. The Bertz CT molecular complexity index is 176. The van der Waals surface area contributed by atoms with E-state index in [0.29, 0.717) is 0 Å². The molecule has 0 amide bonds. The Hall–Kier alpha value is -1.12. The highest BCUT2D eigenvalue weighted by molar-refractivity contribution is 5.34. The van der Waals surface area contributed by atoms with Gasteiger partial charge in [-0.1, -0.05) is 6.58 Å². The summed E-state index contributed by atoms with van der Waals surface area (Å²) in [7, 11) is 0. The normalized spacial score (nSPS) is 9.12. The first-order valence-electron chi connectivity index (χ1n) is 2.31. The number of aromatic nitrogens is 3. The molecular formula is C5H7N3. The molecule has 0 fully saturated rings. The summed E-state index contributed by atoms with van der Waals surface area (Å²) in [5, 5.41) is 3.82. The average Bonchev–Trinajstić information content (AvgIpc) is 2.12. The Balaban J connectivity index is 2.93. The fourth-order valence-electron chi connectivity index (χ4n) is 0.405. The topological polar surface area (TPSA) is 30.7 Å². The molecule has 3 nitrogen and oxygen atoms in total. The number of hydrogen-bond donors (Lipinski definition) is 0. The molecule has 0 radical (unpaired) electrons. The van der Waals surface area contributed by atoms with Gasteiger partial charge in [0, 0.05) is 5.70 Å². The van der Waals surface area contributed by atoms with Gasteiger partial charge in [-0.2, -0.15) is 5.10 Å². The minimum atomic E-state index is 0.877. The van der Waals surface area contributed by atoms with Gasteiger partial charge in [0.05, 0.1) is 0 Å². The van der Waals surface area contributed by atoms with Crippen molar-refractivity contribution >= 4 is 5.70 Å². The number of nitrogens with zero attached hydrogens (tertiary/aromatic N) is 3. The molecule has 42 valence electrons. The highest BCUT2D eigenvalue weighted by Crippen LogP contribution is 1.91. The second kappa shape index (κ2) is 1.78. The SMILES string of the molecule is C=C(C)n1cncn1. The van der Waals surface area contributed by atoms with Crippen LogP contribution in [0.25, 0.3) is 5.70 Å². The van der Waals surface area contributed by atoms with E-state index in [0.717, 1.165) is 5.70 Å². The van der Waals surface area contributed by atoms with Crippen molar-refractivity contribution in [3.8, 4) is 0 Å². The molecule has 0 saturated heterocycles. The van der Waals surface area contributed by atoms with Gasteiger partial charge in [0.25, 0.3) is 0 Å². The van der Waals surface area contributed by atoms with Gasteiger partial charge in [-0.3, -0.25) is 0 Å². The van der Waals surface area contributed by atoms with Gasteiger partial charge >= 0.3 is 0 Å². The van der Waals surface area contributed by atoms with E-state index in [1.165, 1.54) is 6.33 Å². The van der Waals surface area contributed by atoms with Crippen molar-refractivity contribution in [2.45, 2.75) is 6.92 Å². The lowest BCUT2D eigenvalue weighted by molar-refractivity contribution is 0.897. The number of allylic oxidation sites excluding steroid dienone is 1. The first-order valence-corrected chi connectivity index (χ1v) is 2.31. The zero-order valence-corrected chi connectivity index (χ0v) is 4.70. The molecule has 0 aromatic carbocycles. The zero-order valence-electron chi connectivity index (χ0n) is 4.70. The summed E-state index contributed by atoms with van der Waals surface area (Å²) in [6.07, 6.45) is 3.09. The summed E-state index contributed by atoms with van der Waals surface area (Å²) in [5.41, 5.74) is 0.877. The van der Waals surface area contributed by atoms with Gasteiger partial charge < -0.3 is 0 Å². The van der Waals surface area contributed by atoms with Crippen molar-refractivity contribution in [1.29, 1.82) is 0 Å². The van der Waals surface area contributed by atoms with Gasteiger partial charge in [-0.15, -0.1) is 0 Å². The fraction of sp³-hybridized carbons (Fsp3) is 0.200. The molecule has 1 heterocycles. The van der Waals surface area contributed by atoms with Crippen LogP contribution in [0.3, 0.4) is 0 Å². The molecule has 3 heteroatoms. The standard InChI is InChI=1S/C5H7N3/c1-5(2)8-4-6-3-7-8/h3-4H,1H2,2H3. The van der Waals surface area contributed by atoms with Crippen molar-refractivity contribution in [2.75, 3.05) is 0 Å². The van der Waals surface area contributed by atoms with Crippen molar-refractivity contribution in [3.05, 3.63) is 19.2 Å². The average molecular weight is 109 g/mol. The van der Waals surface area contributed by atoms with Crippen molar-refractivity contribution in [1.82, 2.24) is 14.8 Å². The van der Waals surface area contributed by atoms with E-state index in [4.69, 9.17) is 0 Å². The third kappa shape index (κ3) is 0.753. The van der Waals surface area contributed by atoms with Crippen LogP contribution < -0.4 is 0 Å². The van der Waals surface area contributed by atoms with Crippen LogP contribution in [0, 0.1) is 0 Å². The number of rotatable bonds is 1. The van der Waals surface area contributed by atoms with Gasteiger partial charge in [-0.05, 0) is 6.92 Å². The van der Waals surface area contributed by atoms with Crippen LogP contribution in [-0.4, -0.2) is 14.8 Å². The Morgan fingerprint density at radius 2 is 2.50 bits per heavy atom. The van der Waals surface area contributed by atoms with Crippen LogP contribution in [0.4, 0.5) is 0 Å². The fourth-order valence-corrected chi connectivity index (χ4v) is 0.405. The molecule has 8 heavy (non-hydrogen) atoms. The zero-order chi connectivity index (χ0) is 5.98. The lowest BCUT2D eigenvalue weighted by Gasteiger charge is -1.91. The van der Waals surface area contributed by atoms with E-state index in [1.54, 1.807) is 11.0 Å². The monoisotopic (exact) mass is 109 g/mol. The van der Waals surface area contributed by atoms with E-state index < -0.39 is 0 Å². The largest absolute Gasteiger partial charge is 0.226 e. The minimum absolute atomic E-state index is 0.877. The quantitative estimate of drug-likeness (QED) is 0.533. The lowest BCUT2D eigenvalue weighted by atomic mass is 10.6. The first kappa shape index (κ1) is 5.03. The summed E-state index contributed by atoms with van der Waals surface area (Å²) >= 11 is 0. The molecule has 1 aromatic rings. The van der Waals surface area contributed by atoms with E-state index in [1.807, 2.05) is 6.92 Å². The molecule has 0 unspecified atom stereocenters. The van der Waals surface area contributed by atoms with E-state index >= 15 is 0 Å². The maximum absolute atomic E-state index is 3.82. The van der Waals surface area contributed by atoms with Crippen LogP contribution in [0.1, 0.15) is 6.92 Å². The van der Waals surface area contributed by atoms with E-state index in [9.17, 15) is 0 Å². The Morgan fingerprint density at radius 3 is 2.75 bits per heavy atom. The summed E-state index contributed by atoms with van der Waals surface area (Å²) in [5.74, 6) is 0. The van der Waals surface area contributed by atoms with Gasteiger partial charge in [-0.25, -0.2) is 9.67 Å². The highest BCUT2D eigenvalue weighted by Gasteiger charge is 1.85. The molecule has 0 saturated carbocycles. The van der Waals surface area contributed by atoms with E-state index in [-0.39, 0.29) is 0 Å².